The maximum Gasteiger partial charge on any atom is 0.224 e. The van der Waals surface area contributed by atoms with Gasteiger partial charge in [0.25, 0.3) is 0 Å². The fourth-order valence-corrected chi connectivity index (χ4v) is 5.58. The number of anilines is 1. The highest BCUT2D eigenvalue weighted by Gasteiger charge is 2.50. The first-order valence-corrected chi connectivity index (χ1v) is 11.5. The number of carbonyl (C=O) groups is 1. The molecule has 2 heterocycles. The lowest BCUT2D eigenvalue weighted by Gasteiger charge is -2.37. The third-order valence-corrected chi connectivity index (χ3v) is 7.31. The number of amides is 1. The van der Waals surface area contributed by atoms with Gasteiger partial charge in [0.1, 0.15) is 11.9 Å². The number of aliphatic imine (C=N–C) groups is 1. The Morgan fingerprint density at radius 1 is 1.29 bits per heavy atom. The molecule has 0 bridgehead atoms. The van der Waals surface area contributed by atoms with E-state index < -0.39 is 24.2 Å². The average Bonchev–Trinajstić information content (AvgIpc) is 3.21. The summed E-state index contributed by atoms with van der Waals surface area (Å²) in [7, 11) is 1.61. The van der Waals surface area contributed by atoms with Crippen LogP contribution in [0.2, 0.25) is 0 Å². The lowest BCUT2D eigenvalue weighted by atomic mass is 9.81. The summed E-state index contributed by atoms with van der Waals surface area (Å²) in [6.07, 6.45) is -1.73. The van der Waals surface area contributed by atoms with E-state index in [9.17, 15) is 15.0 Å². The fraction of sp³-hybridized carbons (Fsp3) is 0.619. The maximum atomic E-state index is 12.9. The summed E-state index contributed by atoms with van der Waals surface area (Å²) < 4.78 is 10.5. The van der Waals surface area contributed by atoms with Gasteiger partial charge in [-0.1, -0.05) is 11.8 Å². The average molecular weight is 451 g/mol. The van der Waals surface area contributed by atoms with Crippen LogP contribution < -0.4 is 15.4 Å². The first kappa shape index (κ1) is 22.3. The Hall–Kier alpha value is -1.85. The minimum atomic E-state index is -0.981. The molecule has 9 nitrogen and oxygen atoms in total. The number of rotatable bonds is 6. The second kappa shape index (κ2) is 10.2. The molecule has 3 aliphatic rings. The number of amidine groups is 1. The number of methoxy groups -OCH3 is 1. The van der Waals surface area contributed by atoms with Crippen LogP contribution in [0.25, 0.3) is 0 Å². The number of aliphatic hydroxyl groups is 2. The van der Waals surface area contributed by atoms with Crippen LogP contribution in [0.15, 0.2) is 29.3 Å². The van der Waals surface area contributed by atoms with Crippen molar-refractivity contribution in [2.75, 3.05) is 51.8 Å². The first-order chi connectivity index (χ1) is 15.0. The summed E-state index contributed by atoms with van der Waals surface area (Å²) in [5.41, 5.74) is 0.840. The second-order valence-electron chi connectivity index (χ2n) is 8.01. The molecule has 0 aromatic heterocycles. The predicted octanol–water partition coefficient (Wildman–Crippen LogP) is 0.137. The molecule has 1 saturated carbocycles. The smallest absolute Gasteiger partial charge is 0.224 e. The lowest BCUT2D eigenvalue weighted by Crippen LogP contribution is -2.54. The number of ether oxygens (including phenoxy) is 2. The first-order valence-electron chi connectivity index (χ1n) is 10.6. The Kier molecular flexibility index (Phi) is 7.34. The van der Waals surface area contributed by atoms with E-state index in [1.54, 1.807) is 7.11 Å². The SMILES string of the molecule is COc1ccc(NC2=NC3C(O)C(O)CC(C(=O)NCCN4CCOCC4)C3S2)cc1. The van der Waals surface area contributed by atoms with Crippen LogP contribution in [0.5, 0.6) is 5.75 Å². The van der Waals surface area contributed by atoms with Crippen molar-refractivity contribution < 1.29 is 24.5 Å². The summed E-state index contributed by atoms with van der Waals surface area (Å²) >= 11 is 1.45. The van der Waals surface area contributed by atoms with Crippen molar-refractivity contribution >= 4 is 28.5 Å². The van der Waals surface area contributed by atoms with Crippen LogP contribution in [0.4, 0.5) is 5.69 Å². The van der Waals surface area contributed by atoms with Gasteiger partial charge in [0.2, 0.25) is 5.91 Å². The van der Waals surface area contributed by atoms with Crippen molar-refractivity contribution in [2.45, 2.75) is 29.9 Å². The highest BCUT2D eigenvalue weighted by atomic mass is 32.2. The summed E-state index contributed by atoms with van der Waals surface area (Å²) in [4.78, 5) is 19.8. The number of aliphatic hydroxyl groups excluding tert-OH is 2. The third kappa shape index (κ3) is 5.32. The zero-order valence-corrected chi connectivity index (χ0v) is 18.4. The molecule has 2 aliphatic heterocycles. The fourth-order valence-electron chi connectivity index (χ4n) is 4.20. The molecule has 1 amide bonds. The summed E-state index contributed by atoms with van der Waals surface area (Å²) in [5, 5.41) is 27.5. The van der Waals surface area contributed by atoms with Gasteiger partial charge < -0.3 is 30.3 Å². The molecule has 170 valence electrons. The van der Waals surface area contributed by atoms with Gasteiger partial charge in [-0.25, -0.2) is 0 Å². The molecular weight excluding hydrogens is 420 g/mol. The monoisotopic (exact) mass is 450 g/mol. The minimum absolute atomic E-state index is 0.0948. The largest absolute Gasteiger partial charge is 0.497 e. The van der Waals surface area contributed by atoms with E-state index in [0.29, 0.717) is 11.7 Å². The topological polar surface area (TPSA) is 116 Å². The third-order valence-electron chi connectivity index (χ3n) is 6.00. The van der Waals surface area contributed by atoms with E-state index in [4.69, 9.17) is 9.47 Å². The number of fused-ring (bicyclic) bond motifs is 1. The van der Waals surface area contributed by atoms with E-state index in [0.717, 1.165) is 44.3 Å². The number of hydrogen-bond donors (Lipinski definition) is 4. The van der Waals surface area contributed by atoms with Crippen molar-refractivity contribution in [3.8, 4) is 5.75 Å². The van der Waals surface area contributed by atoms with E-state index in [2.05, 4.69) is 20.5 Å². The van der Waals surface area contributed by atoms with Crippen LogP contribution in [0.3, 0.4) is 0 Å². The molecule has 5 unspecified atom stereocenters. The molecule has 1 aromatic carbocycles. The number of nitrogens with zero attached hydrogens (tertiary/aromatic N) is 2. The molecule has 2 fully saturated rings. The zero-order chi connectivity index (χ0) is 21.8. The molecule has 0 spiro atoms. The summed E-state index contributed by atoms with van der Waals surface area (Å²) in [6, 6.07) is 6.93. The van der Waals surface area contributed by atoms with Crippen molar-refractivity contribution in [1.82, 2.24) is 10.2 Å². The van der Waals surface area contributed by atoms with Crippen LogP contribution in [0.1, 0.15) is 6.42 Å². The van der Waals surface area contributed by atoms with Gasteiger partial charge >= 0.3 is 0 Å². The number of hydrogen-bond acceptors (Lipinski definition) is 9. The van der Waals surface area contributed by atoms with Crippen LogP contribution in [-0.2, 0) is 9.53 Å². The van der Waals surface area contributed by atoms with Gasteiger partial charge in [-0.05, 0) is 30.7 Å². The van der Waals surface area contributed by atoms with Gasteiger partial charge in [-0.3, -0.25) is 14.7 Å². The number of morpholine rings is 1. The molecule has 1 aliphatic carbocycles. The van der Waals surface area contributed by atoms with Gasteiger partial charge in [0.15, 0.2) is 5.17 Å². The van der Waals surface area contributed by atoms with Crippen LogP contribution in [0, 0.1) is 5.92 Å². The van der Waals surface area contributed by atoms with Gasteiger partial charge in [-0.2, -0.15) is 0 Å². The molecule has 1 aromatic rings. The highest BCUT2D eigenvalue weighted by Crippen LogP contribution is 2.41. The molecule has 5 atom stereocenters. The normalized spacial score (nSPS) is 30.9. The molecule has 0 radical (unpaired) electrons. The van der Waals surface area contributed by atoms with Crippen molar-refractivity contribution in [3.05, 3.63) is 24.3 Å². The van der Waals surface area contributed by atoms with E-state index in [1.165, 1.54) is 11.8 Å². The highest BCUT2D eigenvalue weighted by molar-refractivity contribution is 8.15. The Morgan fingerprint density at radius 2 is 2.03 bits per heavy atom. The minimum Gasteiger partial charge on any atom is -0.497 e. The quantitative estimate of drug-likeness (QED) is 0.484. The predicted molar refractivity (Wildman–Crippen MR) is 120 cm³/mol. The molecule has 4 N–H and O–H groups in total. The van der Waals surface area contributed by atoms with Gasteiger partial charge in [0, 0.05) is 37.1 Å². The Labute approximate surface area is 186 Å². The molecule has 1 saturated heterocycles. The number of thioether (sulfide) groups is 1. The number of benzene rings is 1. The van der Waals surface area contributed by atoms with Crippen LogP contribution >= 0.6 is 11.8 Å². The van der Waals surface area contributed by atoms with Gasteiger partial charge in [0.05, 0.1) is 38.4 Å². The standard InChI is InChI=1S/C21H30N4O5S/c1-29-14-4-2-13(3-5-14)23-21-24-17-18(27)16(26)12-15(19(17)31-21)20(28)22-6-7-25-8-10-30-11-9-25/h2-5,15-19,26-27H,6-12H2,1H3,(H,22,28)(H,23,24). The maximum absolute atomic E-state index is 12.9. The Morgan fingerprint density at radius 3 is 2.74 bits per heavy atom. The van der Waals surface area contributed by atoms with E-state index in [-0.39, 0.29) is 17.6 Å². The Bertz CT molecular complexity index is 786. The number of nitrogens with one attached hydrogen (secondary N) is 2. The van der Waals surface area contributed by atoms with E-state index in [1.807, 2.05) is 24.3 Å². The van der Waals surface area contributed by atoms with Crippen molar-refractivity contribution in [1.29, 1.82) is 0 Å². The molecule has 31 heavy (non-hydrogen) atoms. The van der Waals surface area contributed by atoms with E-state index >= 15 is 0 Å². The van der Waals surface area contributed by atoms with Crippen LogP contribution in [-0.4, -0.2) is 96.2 Å². The second-order valence-corrected chi connectivity index (χ2v) is 9.17. The molecule has 4 rings (SSSR count). The zero-order valence-electron chi connectivity index (χ0n) is 17.6. The number of carbonyl (C=O) groups excluding carboxylic acids is 1. The Balaban J connectivity index is 1.36. The lowest BCUT2D eigenvalue weighted by molar-refractivity contribution is -0.129. The van der Waals surface area contributed by atoms with Gasteiger partial charge in [-0.15, -0.1) is 0 Å². The molecule has 10 heteroatoms. The van der Waals surface area contributed by atoms with Crippen molar-refractivity contribution in [3.63, 3.8) is 0 Å². The summed E-state index contributed by atoms with van der Waals surface area (Å²) in [5.74, 6) is 0.243. The van der Waals surface area contributed by atoms with Crippen molar-refractivity contribution in [2.24, 2.45) is 10.9 Å². The molecular formula is C21H30N4O5S. The summed E-state index contributed by atoms with van der Waals surface area (Å²) in [6.45, 7) is 4.52.